The largest absolute Gasteiger partial charge is 0.326 e. The van der Waals surface area contributed by atoms with E-state index in [1.165, 1.54) is 6.07 Å². The molecular weight excluding hydrogens is 426 g/mol. The minimum Gasteiger partial charge on any atom is -0.326 e. The molecule has 0 spiro atoms. The van der Waals surface area contributed by atoms with Crippen LogP contribution in [0.1, 0.15) is 19.4 Å². The van der Waals surface area contributed by atoms with E-state index in [1.54, 1.807) is 41.2 Å². The summed E-state index contributed by atoms with van der Waals surface area (Å²) < 4.78 is 25.9. The van der Waals surface area contributed by atoms with Crippen LogP contribution in [0.2, 0.25) is 5.02 Å². The van der Waals surface area contributed by atoms with E-state index in [2.05, 4.69) is 15.7 Å². The lowest BCUT2D eigenvalue weighted by atomic mass is 10.1. The molecule has 0 saturated heterocycles. The summed E-state index contributed by atoms with van der Waals surface area (Å²) in [5.74, 6) is -0.330. The second-order valence-corrected chi connectivity index (χ2v) is 9.21. The zero-order chi connectivity index (χ0) is 21.9. The van der Waals surface area contributed by atoms with Crippen molar-refractivity contribution >= 4 is 44.1 Å². The van der Waals surface area contributed by atoms with Crippen LogP contribution in [0.4, 0.5) is 5.69 Å². The molecule has 1 heterocycles. The average molecular weight is 450 g/mol. The van der Waals surface area contributed by atoms with Gasteiger partial charge >= 0.3 is 0 Å². The van der Waals surface area contributed by atoms with Gasteiger partial charge in [0.2, 0.25) is 15.9 Å². The van der Waals surface area contributed by atoms with Gasteiger partial charge in [0, 0.05) is 34.9 Å². The lowest BCUT2D eigenvalue weighted by molar-refractivity contribution is -0.115. The van der Waals surface area contributed by atoms with Gasteiger partial charge in [-0.3, -0.25) is 9.48 Å². The third-order valence-electron chi connectivity index (χ3n) is 4.43. The SMILES string of the molecule is CC(C)NCCn1cc2c(S(N)(=O)=O)cc(NC(=O)Cc3ccccc3Cl)cc2n1. The van der Waals surface area contributed by atoms with Gasteiger partial charge in [0.05, 0.1) is 23.4 Å². The van der Waals surface area contributed by atoms with Crippen LogP contribution in [0.3, 0.4) is 0 Å². The quantitative estimate of drug-likeness (QED) is 0.488. The Morgan fingerprint density at radius 3 is 2.67 bits per heavy atom. The summed E-state index contributed by atoms with van der Waals surface area (Å²) in [6, 6.07) is 10.3. The number of halogens is 1. The zero-order valence-corrected chi connectivity index (χ0v) is 18.3. The highest BCUT2D eigenvalue weighted by molar-refractivity contribution is 7.89. The van der Waals surface area contributed by atoms with Gasteiger partial charge in [0.1, 0.15) is 0 Å². The van der Waals surface area contributed by atoms with Crippen LogP contribution in [0, 0.1) is 0 Å². The fraction of sp³-hybridized carbons (Fsp3) is 0.300. The van der Waals surface area contributed by atoms with Crippen molar-refractivity contribution in [1.29, 1.82) is 0 Å². The Balaban J connectivity index is 1.87. The van der Waals surface area contributed by atoms with Crippen molar-refractivity contribution in [1.82, 2.24) is 15.1 Å². The summed E-state index contributed by atoms with van der Waals surface area (Å²) in [6.07, 6.45) is 1.70. The molecule has 8 nitrogen and oxygen atoms in total. The third-order valence-corrected chi connectivity index (χ3v) is 5.75. The number of primary sulfonamides is 1. The molecular formula is C20H24ClN5O3S. The second-order valence-electron chi connectivity index (χ2n) is 7.27. The average Bonchev–Trinajstić information content (AvgIpc) is 3.04. The highest BCUT2D eigenvalue weighted by Crippen LogP contribution is 2.26. The van der Waals surface area contributed by atoms with E-state index in [9.17, 15) is 13.2 Å². The lowest BCUT2D eigenvalue weighted by Gasteiger charge is -2.08. The molecule has 0 aliphatic heterocycles. The smallest absolute Gasteiger partial charge is 0.238 e. The molecule has 1 aromatic heterocycles. The van der Waals surface area contributed by atoms with Crippen LogP contribution in [-0.4, -0.2) is 36.7 Å². The summed E-state index contributed by atoms with van der Waals surface area (Å²) in [5, 5.41) is 16.7. The van der Waals surface area contributed by atoms with E-state index in [0.29, 0.717) is 46.3 Å². The van der Waals surface area contributed by atoms with Crippen molar-refractivity contribution in [2.24, 2.45) is 5.14 Å². The van der Waals surface area contributed by atoms with Crippen molar-refractivity contribution in [3.8, 4) is 0 Å². The minimum atomic E-state index is -4.02. The molecule has 1 amide bonds. The summed E-state index contributed by atoms with van der Waals surface area (Å²) in [6.45, 7) is 5.31. The topological polar surface area (TPSA) is 119 Å². The summed E-state index contributed by atoms with van der Waals surface area (Å²) in [7, 11) is -4.02. The van der Waals surface area contributed by atoms with Gasteiger partial charge in [0.25, 0.3) is 0 Å². The molecule has 0 atom stereocenters. The fourth-order valence-corrected chi connectivity index (χ4v) is 4.01. The van der Waals surface area contributed by atoms with Crippen molar-refractivity contribution in [2.75, 3.05) is 11.9 Å². The van der Waals surface area contributed by atoms with E-state index in [-0.39, 0.29) is 17.2 Å². The first-order valence-corrected chi connectivity index (χ1v) is 11.4. The molecule has 0 radical (unpaired) electrons. The van der Waals surface area contributed by atoms with E-state index in [0.717, 1.165) is 0 Å². The molecule has 0 bridgehead atoms. The maximum absolute atomic E-state index is 12.5. The molecule has 160 valence electrons. The Morgan fingerprint density at radius 1 is 1.27 bits per heavy atom. The fourth-order valence-electron chi connectivity index (χ4n) is 3.05. The number of amides is 1. The first-order chi connectivity index (χ1) is 14.1. The Labute approximate surface area is 180 Å². The highest BCUT2D eigenvalue weighted by atomic mass is 35.5. The van der Waals surface area contributed by atoms with Crippen molar-refractivity contribution in [3.05, 3.63) is 53.2 Å². The third kappa shape index (κ3) is 5.57. The maximum atomic E-state index is 12.5. The monoisotopic (exact) mass is 449 g/mol. The van der Waals surface area contributed by atoms with Crippen molar-refractivity contribution in [3.63, 3.8) is 0 Å². The van der Waals surface area contributed by atoms with Gasteiger partial charge in [-0.25, -0.2) is 13.6 Å². The van der Waals surface area contributed by atoms with Crippen LogP contribution in [0.25, 0.3) is 10.9 Å². The Hall–Kier alpha value is -2.46. The highest BCUT2D eigenvalue weighted by Gasteiger charge is 2.18. The first kappa shape index (κ1) is 22.2. The number of nitrogens with zero attached hydrogens (tertiary/aromatic N) is 2. The second kappa shape index (κ2) is 9.13. The van der Waals surface area contributed by atoms with Gasteiger partial charge in [-0.1, -0.05) is 43.6 Å². The molecule has 3 aromatic rings. The number of carbonyl (C=O) groups is 1. The predicted octanol–water partition coefficient (Wildman–Crippen LogP) is 2.52. The van der Waals surface area contributed by atoms with Crippen LogP contribution in [0.15, 0.2) is 47.5 Å². The van der Waals surface area contributed by atoms with Crippen molar-refractivity contribution in [2.45, 2.75) is 37.8 Å². The molecule has 3 rings (SSSR count). The molecule has 0 saturated carbocycles. The number of hydrogen-bond acceptors (Lipinski definition) is 5. The number of fused-ring (bicyclic) bond motifs is 1. The summed E-state index contributed by atoms with van der Waals surface area (Å²) in [5.41, 5.74) is 1.40. The van der Waals surface area contributed by atoms with Gasteiger partial charge in [-0.15, -0.1) is 0 Å². The standard InChI is InChI=1S/C20H24ClN5O3S/c1-13(2)23-7-8-26-12-16-18(25-26)10-15(11-19(16)30(22,28)29)24-20(27)9-14-5-3-4-6-17(14)21/h3-6,10-13,23H,7-9H2,1-2H3,(H,24,27)(H2,22,28,29). The van der Waals surface area contributed by atoms with Crippen molar-refractivity contribution < 1.29 is 13.2 Å². The van der Waals surface area contributed by atoms with E-state index < -0.39 is 10.0 Å². The number of anilines is 1. The zero-order valence-electron chi connectivity index (χ0n) is 16.7. The Kier molecular flexibility index (Phi) is 6.77. The lowest BCUT2D eigenvalue weighted by Crippen LogP contribution is -2.26. The number of nitrogens with one attached hydrogen (secondary N) is 2. The van der Waals surface area contributed by atoms with E-state index >= 15 is 0 Å². The molecule has 10 heteroatoms. The van der Waals surface area contributed by atoms with Gasteiger partial charge < -0.3 is 10.6 Å². The van der Waals surface area contributed by atoms with Crippen LogP contribution in [-0.2, 0) is 27.8 Å². The molecule has 0 aliphatic carbocycles. The summed E-state index contributed by atoms with van der Waals surface area (Å²) in [4.78, 5) is 12.4. The number of carbonyl (C=O) groups excluding carboxylic acids is 1. The Bertz CT molecular complexity index is 1170. The number of rotatable bonds is 8. The Morgan fingerprint density at radius 2 is 2.00 bits per heavy atom. The molecule has 0 aliphatic rings. The van der Waals surface area contributed by atoms with Crippen LogP contribution < -0.4 is 15.8 Å². The number of benzene rings is 2. The molecule has 0 unspecified atom stereocenters. The van der Waals surface area contributed by atoms with Crippen LogP contribution >= 0.6 is 11.6 Å². The molecule has 4 N–H and O–H groups in total. The molecule has 0 fully saturated rings. The normalized spacial score (nSPS) is 11.9. The van der Waals surface area contributed by atoms with Gasteiger partial charge in [0.15, 0.2) is 0 Å². The van der Waals surface area contributed by atoms with E-state index in [4.69, 9.17) is 16.7 Å². The number of aromatic nitrogens is 2. The van der Waals surface area contributed by atoms with E-state index in [1.807, 2.05) is 13.8 Å². The van der Waals surface area contributed by atoms with Gasteiger partial charge in [-0.2, -0.15) is 5.10 Å². The molecule has 2 aromatic carbocycles. The summed E-state index contributed by atoms with van der Waals surface area (Å²) >= 11 is 6.10. The minimum absolute atomic E-state index is 0.0533. The first-order valence-electron chi connectivity index (χ1n) is 9.44. The number of nitrogens with two attached hydrogens (primary N) is 1. The van der Waals surface area contributed by atoms with Gasteiger partial charge in [-0.05, 0) is 23.8 Å². The number of sulfonamides is 1. The number of hydrogen-bond donors (Lipinski definition) is 3. The predicted molar refractivity (Wildman–Crippen MR) is 118 cm³/mol. The maximum Gasteiger partial charge on any atom is 0.238 e. The van der Waals surface area contributed by atoms with Crippen LogP contribution in [0.5, 0.6) is 0 Å². The molecule has 30 heavy (non-hydrogen) atoms.